The van der Waals surface area contributed by atoms with Crippen LogP contribution in [0.1, 0.15) is 45.1 Å². The summed E-state index contributed by atoms with van der Waals surface area (Å²) in [5.41, 5.74) is 16.9. The van der Waals surface area contributed by atoms with Crippen molar-refractivity contribution < 1.29 is 39.3 Å². The number of carboxylic acids is 2. The fraction of sp³-hybridized carbons (Fsp3) is 0.520. The zero-order chi connectivity index (χ0) is 30.4. The van der Waals surface area contributed by atoms with Crippen LogP contribution in [0.5, 0.6) is 5.75 Å². The standard InChI is InChI=1S/C25H39N7O8/c1-3-13(2)20(24(39)40)32-23(38)17(11-14-6-8-15(33)9-7-14)31-22(37)18(12-19(34)35)30-21(36)16(26)5-4-10-29-25(27)28/h6-9,13,16-18,20,33H,3-5,10-12,26H2,1-2H3,(H,30,36)(H,31,37)(H,32,38)(H,34,35)(H,39,40)(H4,27,28,29). The second kappa shape index (κ2) is 16.5. The number of carbonyl (C=O) groups excluding carboxylic acids is 3. The zero-order valence-corrected chi connectivity index (χ0v) is 22.5. The number of aliphatic carboxylic acids is 2. The first kappa shape index (κ1) is 33.6. The van der Waals surface area contributed by atoms with Gasteiger partial charge in [0.1, 0.15) is 23.9 Å². The van der Waals surface area contributed by atoms with E-state index in [1.165, 1.54) is 24.3 Å². The highest BCUT2D eigenvalue weighted by Gasteiger charge is 2.32. The number of benzene rings is 1. The molecule has 5 atom stereocenters. The van der Waals surface area contributed by atoms with Gasteiger partial charge in [0.15, 0.2) is 5.96 Å². The largest absolute Gasteiger partial charge is 0.508 e. The van der Waals surface area contributed by atoms with E-state index in [-0.39, 0.29) is 31.1 Å². The van der Waals surface area contributed by atoms with Gasteiger partial charge in [-0.25, -0.2) is 4.79 Å². The molecule has 0 saturated heterocycles. The van der Waals surface area contributed by atoms with E-state index in [4.69, 9.17) is 17.2 Å². The normalized spacial score (nSPS) is 14.5. The molecule has 0 aliphatic rings. The molecule has 0 bridgehead atoms. The van der Waals surface area contributed by atoms with Crippen molar-refractivity contribution in [3.63, 3.8) is 0 Å². The lowest BCUT2D eigenvalue weighted by Gasteiger charge is -2.26. The van der Waals surface area contributed by atoms with Crippen molar-refractivity contribution in [3.05, 3.63) is 29.8 Å². The molecule has 15 heteroatoms. The summed E-state index contributed by atoms with van der Waals surface area (Å²) in [6.45, 7) is 3.61. The van der Waals surface area contributed by atoms with E-state index in [9.17, 15) is 39.3 Å². The summed E-state index contributed by atoms with van der Waals surface area (Å²) in [6, 6.07) is 0.467. The maximum Gasteiger partial charge on any atom is 0.326 e. The van der Waals surface area contributed by atoms with Crippen LogP contribution in [0.3, 0.4) is 0 Å². The maximum absolute atomic E-state index is 13.2. The second-order valence-corrected chi connectivity index (χ2v) is 9.36. The Bertz CT molecular complexity index is 1060. The van der Waals surface area contributed by atoms with E-state index in [1.54, 1.807) is 13.8 Å². The number of phenolic OH excluding ortho intramolecular Hbond substituents is 1. The van der Waals surface area contributed by atoms with Gasteiger partial charge >= 0.3 is 11.9 Å². The van der Waals surface area contributed by atoms with Gasteiger partial charge in [0.25, 0.3) is 0 Å². The number of aliphatic imine (C=N–C) groups is 1. The van der Waals surface area contributed by atoms with Crippen LogP contribution in [-0.4, -0.2) is 81.7 Å². The summed E-state index contributed by atoms with van der Waals surface area (Å²) < 4.78 is 0. The number of nitrogens with zero attached hydrogens (tertiary/aromatic N) is 1. The molecule has 222 valence electrons. The number of hydrogen-bond donors (Lipinski definition) is 9. The van der Waals surface area contributed by atoms with Gasteiger partial charge in [-0.2, -0.15) is 0 Å². The third-order valence-corrected chi connectivity index (χ3v) is 6.10. The second-order valence-electron chi connectivity index (χ2n) is 9.36. The molecule has 40 heavy (non-hydrogen) atoms. The number of nitrogens with one attached hydrogen (secondary N) is 3. The Balaban J connectivity index is 3.11. The Labute approximate surface area is 231 Å². The quantitative estimate of drug-likeness (QED) is 0.0587. The van der Waals surface area contributed by atoms with Crippen molar-refractivity contribution in [1.29, 1.82) is 0 Å². The smallest absolute Gasteiger partial charge is 0.326 e. The van der Waals surface area contributed by atoms with E-state index < -0.39 is 66.2 Å². The SMILES string of the molecule is CCC(C)C(NC(=O)C(Cc1ccc(O)cc1)NC(=O)C(CC(=O)O)NC(=O)C(N)CCCN=C(N)N)C(=O)O. The molecule has 1 rings (SSSR count). The van der Waals surface area contributed by atoms with Gasteiger partial charge in [-0.1, -0.05) is 32.4 Å². The van der Waals surface area contributed by atoms with Gasteiger partial charge in [0, 0.05) is 13.0 Å². The lowest BCUT2D eigenvalue weighted by atomic mass is 9.98. The van der Waals surface area contributed by atoms with Crippen LogP contribution in [0.15, 0.2) is 29.3 Å². The number of phenols is 1. The fourth-order valence-corrected chi connectivity index (χ4v) is 3.60. The predicted molar refractivity (Wildman–Crippen MR) is 145 cm³/mol. The molecule has 0 aliphatic carbocycles. The molecular weight excluding hydrogens is 526 g/mol. The number of guanidine groups is 1. The van der Waals surface area contributed by atoms with E-state index >= 15 is 0 Å². The van der Waals surface area contributed by atoms with Crippen molar-refractivity contribution in [3.8, 4) is 5.75 Å². The Morgan fingerprint density at radius 2 is 1.50 bits per heavy atom. The third-order valence-electron chi connectivity index (χ3n) is 6.10. The van der Waals surface area contributed by atoms with Crippen molar-refractivity contribution in [2.75, 3.05) is 6.54 Å². The summed E-state index contributed by atoms with van der Waals surface area (Å²) in [6.07, 6.45) is 0.00451. The molecule has 5 unspecified atom stereocenters. The van der Waals surface area contributed by atoms with Crippen LogP contribution in [0.4, 0.5) is 0 Å². The average Bonchev–Trinajstić information content (AvgIpc) is 2.88. The van der Waals surface area contributed by atoms with Crippen LogP contribution in [0.25, 0.3) is 0 Å². The summed E-state index contributed by atoms with van der Waals surface area (Å²) in [5.74, 6) is -5.86. The molecule has 0 saturated carbocycles. The highest BCUT2D eigenvalue weighted by atomic mass is 16.4. The number of aromatic hydroxyl groups is 1. The summed E-state index contributed by atoms with van der Waals surface area (Å²) in [4.78, 5) is 65.8. The van der Waals surface area contributed by atoms with E-state index in [0.717, 1.165) is 0 Å². The lowest BCUT2D eigenvalue weighted by Crippen LogP contribution is -2.58. The molecule has 0 fully saturated rings. The third kappa shape index (κ3) is 12.0. The molecule has 0 spiro atoms. The van der Waals surface area contributed by atoms with E-state index in [0.29, 0.717) is 18.4 Å². The monoisotopic (exact) mass is 565 g/mol. The molecule has 12 N–H and O–H groups in total. The first-order chi connectivity index (χ1) is 18.7. The minimum Gasteiger partial charge on any atom is -0.508 e. The van der Waals surface area contributed by atoms with Crippen molar-refractivity contribution in [2.45, 2.75) is 70.1 Å². The van der Waals surface area contributed by atoms with Crippen LogP contribution >= 0.6 is 0 Å². The van der Waals surface area contributed by atoms with Gasteiger partial charge in [-0.15, -0.1) is 0 Å². The van der Waals surface area contributed by atoms with Crippen LogP contribution in [0.2, 0.25) is 0 Å². The van der Waals surface area contributed by atoms with Crippen LogP contribution in [-0.2, 0) is 30.4 Å². The molecule has 0 heterocycles. The van der Waals surface area contributed by atoms with E-state index in [1.807, 2.05) is 0 Å². The Morgan fingerprint density at radius 3 is 2.02 bits per heavy atom. The highest BCUT2D eigenvalue weighted by Crippen LogP contribution is 2.13. The Hall–Kier alpha value is -4.40. The molecule has 1 aromatic carbocycles. The summed E-state index contributed by atoms with van der Waals surface area (Å²) in [5, 5.41) is 35.6. The van der Waals surface area contributed by atoms with Crippen molar-refractivity contribution in [2.24, 2.45) is 28.1 Å². The minimum absolute atomic E-state index is 0.0321. The average molecular weight is 566 g/mol. The first-order valence-corrected chi connectivity index (χ1v) is 12.7. The maximum atomic E-state index is 13.2. The van der Waals surface area contributed by atoms with Crippen LogP contribution in [0, 0.1) is 5.92 Å². The Morgan fingerprint density at radius 1 is 0.925 bits per heavy atom. The number of hydrogen-bond acceptors (Lipinski definition) is 8. The van der Waals surface area contributed by atoms with E-state index in [2.05, 4.69) is 20.9 Å². The fourth-order valence-electron chi connectivity index (χ4n) is 3.60. The van der Waals surface area contributed by atoms with Gasteiger partial charge < -0.3 is 48.5 Å². The van der Waals surface area contributed by atoms with Crippen LogP contribution < -0.4 is 33.2 Å². The summed E-state index contributed by atoms with van der Waals surface area (Å²) in [7, 11) is 0. The van der Waals surface area contributed by atoms with Gasteiger partial charge in [0.2, 0.25) is 17.7 Å². The minimum atomic E-state index is -1.59. The predicted octanol–water partition coefficient (Wildman–Crippen LogP) is -1.62. The lowest BCUT2D eigenvalue weighted by molar-refractivity contribution is -0.144. The molecule has 1 aromatic rings. The number of nitrogens with two attached hydrogens (primary N) is 3. The molecule has 0 aliphatic heterocycles. The molecule has 0 radical (unpaired) electrons. The van der Waals surface area contributed by atoms with Gasteiger partial charge in [-0.05, 0) is 36.5 Å². The topological polar surface area (TPSA) is 273 Å². The molecule has 15 nitrogen and oxygen atoms in total. The van der Waals surface area contributed by atoms with Crippen molar-refractivity contribution in [1.82, 2.24) is 16.0 Å². The van der Waals surface area contributed by atoms with Gasteiger partial charge in [-0.3, -0.25) is 24.2 Å². The Kier molecular flexibility index (Phi) is 13.9. The number of carboxylic acid groups (broad SMARTS) is 2. The number of carbonyl (C=O) groups is 5. The first-order valence-electron chi connectivity index (χ1n) is 12.7. The number of amides is 3. The molecule has 0 aromatic heterocycles. The molecular formula is C25H39N7O8. The number of rotatable bonds is 17. The highest BCUT2D eigenvalue weighted by molar-refractivity contribution is 5.95. The molecule has 3 amide bonds. The van der Waals surface area contributed by atoms with Gasteiger partial charge in [0.05, 0.1) is 12.5 Å². The zero-order valence-electron chi connectivity index (χ0n) is 22.5. The summed E-state index contributed by atoms with van der Waals surface area (Å²) >= 11 is 0. The van der Waals surface area contributed by atoms with Crippen molar-refractivity contribution >= 4 is 35.6 Å².